The molecular formula is C20H26FN3O2S. The van der Waals surface area contributed by atoms with E-state index in [-0.39, 0.29) is 11.6 Å². The number of aliphatic imine (C=N–C) groups is 1. The molecule has 0 saturated heterocycles. The molecule has 0 aliphatic carbocycles. The van der Waals surface area contributed by atoms with Gasteiger partial charge in [0.15, 0.2) is 15.8 Å². The minimum atomic E-state index is -3.03. The van der Waals surface area contributed by atoms with Crippen molar-refractivity contribution in [3.8, 4) is 0 Å². The van der Waals surface area contributed by atoms with E-state index in [1.54, 1.807) is 6.07 Å². The summed E-state index contributed by atoms with van der Waals surface area (Å²) in [4.78, 5) is 4.54. The molecule has 0 unspecified atom stereocenters. The zero-order valence-electron chi connectivity index (χ0n) is 15.7. The van der Waals surface area contributed by atoms with Crippen LogP contribution in [-0.4, -0.2) is 33.7 Å². The second kappa shape index (κ2) is 10.1. The van der Waals surface area contributed by atoms with Crippen LogP contribution in [0.4, 0.5) is 4.39 Å². The van der Waals surface area contributed by atoms with Gasteiger partial charge in [-0.1, -0.05) is 36.4 Å². The molecule has 7 heteroatoms. The van der Waals surface area contributed by atoms with Gasteiger partial charge < -0.3 is 10.6 Å². The maximum Gasteiger partial charge on any atom is 0.191 e. The molecule has 0 spiro atoms. The van der Waals surface area contributed by atoms with E-state index in [1.807, 2.05) is 37.3 Å². The van der Waals surface area contributed by atoms with Crippen LogP contribution in [0, 0.1) is 5.82 Å². The fraction of sp³-hybridized carbons (Fsp3) is 0.350. The SMILES string of the molecule is CCNC(=NCc1ccc(CS(C)(=O)=O)cc1)NCCc1cccc(F)c1. The molecule has 2 aromatic rings. The van der Waals surface area contributed by atoms with Gasteiger partial charge in [0.05, 0.1) is 12.3 Å². The zero-order chi connectivity index (χ0) is 19.7. The van der Waals surface area contributed by atoms with Crippen LogP contribution in [-0.2, 0) is 28.6 Å². The summed E-state index contributed by atoms with van der Waals surface area (Å²) in [7, 11) is -3.03. The minimum absolute atomic E-state index is 0.0425. The fourth-order valence-electron chi connectivity index (χ4n) is 2.57. The number of rotatable bonds is 8. The van der Waals surface area contributed by atoms with E-state index in [4.69, 9.17) is 0 Å². The van der Waals surface area contributed by atoms with Crippen LogP contribution in [0.25, 0.3) is 0 Å². The van der Waals surface area contributed by atoms with Crippen LogP contribution in [0.15, 0.2) is 53.5 Å². The Morgan fingerprint density at radius 1 is 1.04 bits per heavy atom. The average molecular weight is 392 g/mol. The first-order chi connectivity index (χ1) is 12.9. The van der Waals surface area contributed by atoms with Crippen LogP contribution >= 0.6 is 0 Å². The second-order valence-electron chi connectivity index (χ2n) is 6.39. The standard InChI is InChI=1S/C20H26FN3O2S/c1-3-22-20(23-12-11-16-5-4-6-19(21)13-16)24-14-17-7-9-18(10-8-17)15-27(2,25)26/h4-10,13H,3,11-12,14-15H2,1-2H3,(H2,22,23,24). The lowest BCUT2D eigenvalue weighted by Gasteiger charge is -2.11. The van der Waals surface area contributed by atoms with Gasteiger partial charge in [-0.15, -0.1) is 0 Å². The molecule has 0 aromatic heterocycles. The van der Waals surface area contributed by atoms with Crippen LogP contribution in [0.2, 0.25) is 0 Å². The van der Waals surface area contributed by atoms with Gasteiger partial charge in [-0.3, -0.25) is 0 Å². The molecule has 0 heterocycles. The monoisotopic (exact) mass is 391 g/mol. The molecule has 0 fully saturated rings. The summed E-state index contributed by atoms with van der Waals surface area (Å²) < 4.78 is 35.9. The van der Waals surface area contributed by atoms with Crippen molar-refractivity contribution in [2.75, 3.05) is 19.3 Å². The van der Waals surface area contributed by atoms with Gasteiger partial charge in [-0.25, -0.2) is 17.8 Å². The van der Waals surface area contributed by atoms with Crippen LogP contribution in [0.3, 0.4) is 0 Å². The predicted octanol–water partition coefficient (Wildman–Crippen LogP) is 2.67. The Balaban J connectivity index is 1.90. The lowest BCUT2D eigenvalue weighted by atomic mass is 10.1. The van der Waals surface area contributed by atoms with Crippen molar-refractivity contribution < 1.29 is 12.8 Å². The van der Waals surface area contributed by atoms with E-state index in [1.165, 1.54) is 18.4 Å². The summed E-state index contributed by atoms with van der Waals surface area (Å²) in [6.45, 7) is 3.85. The van der Waals surface area contributed by atoms with Gasteiger partial charge in [-0.2, -0.15) is 0 Å². The quantitative estimate of drug-likeness (QED) is 0.536. The highest BCUT2D eigenvalue weighted by Crippen LogP contribution is 2.09. The Morgan fingerprint density at radius 2 is 1.74 bits per heavy atom. The molecular weight excluding hydrogens is 365 g/mol. The maximum atomic E-state index is 13.2. The third-order valence-electron chi connectivity index (χ3n) is 3.81. The van der Waals surface area contributed by atoms with Crippen molar-refractivity contribution in [3.05, 3.63) is 71.0 Å². The number of nitrogens with zero attached hydrogens (tertiary/aromatic N) is 1. The molecule has 27 heavy (non-hydrogen) atoms. The van der Waals surface area contributed by atoms with Crippen molar-refractivity contribution in [2.24, 2.45) is 4.99 Å². The molecule has 0 radical (unpaired) electrons. The van der Waals surface area contributed by atoms with E-state index >= 15 is 0 Å². The summed E-state index contributed by atoms with van der Waals surface area (Å²) in [5.74, 6) is 0.502. The van der Waals surface area contributed by atoms with Gasteiger partial charge >= 0.3 is 0 Å². The van der Waals surface area contributed by atoms with Gasteiger partial charge in [-0.05, 0) is 42.2 Å². The second-order valence-corrected chi connectivity index (χ2v) is 8.53. The van der Waals surface area contributed by atoms with E-state index in [0.29, 0.717) is 25.5 Å². The van der Waals surface area contributed by atoms with Crippen molar-refractivity contribution in [3.63, 3.8) is 0 Å². The number of halogens is 1. The largest absolute Gasteiger partial charge is 0.357 e. The highest BCUT2D eigenvalue weighted by molar-refractivity contribution is 7.89. The Hall–Kier alpha value is -2.41. The normalized spacial score (nSPS) is 12.0. The lowest BCUT2D eigenvalue weighted by Crippen LogP contribution is -2.38. The highest BCUT2D eigenvalue weighted by atomic mass is 32.2. The third kappa shape index (κ3) is 8.21. The average Bonchev–Trinajstić information content (AvgIpc) is 2.60. The molecule has 0 atom stereocenters. The summed E-state index contributed by atoms with van der Waals surface area (Å²) in [6, 6.07) is 14.0. The lowest BCUT2D eigenvalue weighted by molar-refractivity contribution is 0.601. The van der Waals surface area contributed by atoms with Crippen molar-refractivity contribution in [2.45, 2.75) is 25.6 Å². The number of guanidine groups is 1. The van der Waals surface area contributed by atoms with Crippen molar-refractivity contribution in [1.82, 2.24) is 10.6 Å². The molecule has 0 aliphatic heterocycles. The van der Waals surface area contributed by atoms with Gasteiger partial charge in [0, 0.05) is 19.3 Å². The molecule has 0 saturated carbocycles. The number of sulfone groups is 1. The first kappa shape index (κ1) is 20.9. The van der Waals surface area contributed by atoms with Crippen LogP contribution in [0.5, 0.6) is 0 Å². The summed E-state index contributed by atoms with van der Waals surface area (Å²) in [5.41, 5.74) is 2.69. The van der Waals surface area contributed by atoms with E-state index in [0.717, 1.165) is 23.2 Å². The third-order valence-corrected chi connectivity index (χ3v) is 4.67. The fourth-order valence-corrected chi connectivity index (χ4v) is 3.37. The molecule has 2 aromatic carbocycles. The Kier molecular flexibility index (Phi) is 7.79. The summed E-state index contributed by atoms with van der Waals surface area (Å²) in [6.07, 6.45) is 1.92. The van der Waals surface area contributed by atoms with E-state index in [2.05, 4.69) is 15.6 Å². The zero-order valence-corrected chi connectivity index (χ0v) is 16.5. The van der Waals surface area contributed by atoms with Gasteiger partial charge in [0.2, 0.25) is 0 Å². The molecule has 2 N–H and O–H groups in total. The smallest absolute Gasteiger partial charge is 0.191 e. The number of hydrogen-bond donors (Lipinski definition) is 2. The van der Waals surface area contributed by atoms with Crippen molar-refractivity contribution in [1.29, 1.82) is 0 Å². The molecule has 0 amide bonds. The molecule has 146 valence electrons. The highest BCUT2D eigenvalue weighted by Gasteiger charge is 2.04. The molecule has 0 bridgehead atoms. The summed E-state index contributed by atoms with van der Waals surface area (Å²) >= 11 is 0. The minimum Gasteiger partial charge on any atom is -0.357 e. The van der Waals surface area contributed by atoms with Gasteiger partial charge in [0.25, 0.3) is 0 Å². The predicted molar refractivity (Wildman–Crippen MR) is 108 cm³/mol. The maximum absolute atomic E-state index is 13.2. The van der Waals surface area contributed by atoms with Gasteiger partial charge in [0.1, 0.15) is 5.82 Å². The first-order valence-corrected chi connectivity index (χ1v) is 10.9. The molecule has 2 rings (SSSR count). The van der Waals surface area contributed by atoms with Crippen LogP contribution < -0.4 is 10.6 Å². The van der Waals surface area contributed by atoms with E-state index < -0.39 is 9.84 Å². The topological polar surface area (TPSA) is 70.6 Å². The number of hydrogen-bond acceptors (Lipinski definition) is 3. The first-order valence-electron chi connectivity index (χ1n) is 8.88. The summed E-state index contributed by atoms with van der Waals surface area (Å²) in [5, 5.41) is 6.42. The molecule has 5 nitrogen and oxygen atoms in total. The van der Waals surface area contributed by atoms with Crippen LogP contribution in [0.1, 0.15) is 23.6 Å². The number of benzene rings is 2. The Bertz CT molecular complexity index is 865. The Morgan fingerprint density at radius 3 is 2.37 bits per heavy atom. The van der Waals surface area contributed by atoms with Crippen molar-refractivity contribution >= 4 is 15.8 Å². The molecule has 0 aliphatic rings. The number of nitrogens with one attached hydrogen (secondary N) is 2. The van der Waals surface area contributed by atoms with E-state index in [9.17, 15) is 12.8 Å². The Labute approximate surface area is 160 Å².